The summed E-state index contributed by atoms with van der Waals surface area (Å²) >= 11 is 0. The largest absolute Gasteiger partial charge is 0.384 e. The molecule has 12 heavy (non-hydrogen) atoms. The molecule has 1 aliphatic heterocycles. The lowest BCUT2D eigenvalue weighted by Gasteiger charge is -2.09. The van der Waals surface area contributed by atoms with Gasteiger partial charge in [-0.3, -0.25) is 0 Å². The minimum absolute atomic E-state index is 0.462. The van der Waals surface area contributed by atoms with E-state index in [4.69, 9.17) is 0 Å². The van der Waals surface area contributed by atoms with Gasteiger partial charge in [0.25, 0.3) is 0 Å². The zero-order valence-corrected chi connectivity index (χ0v) is 6.70. The number of anilines is 1. The Kier molecular flexibility index (Phi) is 1.84. The van der Waals surface area contributed by atoms with Crippen LogP contribution < -0.4 is 5.32 Å². The van der Waals surface area contributed by atoms with Crippen LogP contribution in [0, 0.1) is 0 Å². The molecule has 1 atom stereocenters. The van der Waals surface area contributed by atoms with Crippen LogP contribution in [0.2, 0.25) is 0 Å². The average molecular weight is 161 g/mol. The van der Waals surface area contributed by atoms with E-state index in [1.54, 1.807) is 6.08 Å². The fourth-order valence-corrected chi connectivity index (χ4v) is 1.39. The van der Waals surface area contributed by atoms with Gasteiger partial charge in [0, 0.05) is 17.8 Å². The number of hydrogen-bond donors (Lipinski definition) is 2. The van der Waals surface area contributed by atoms with Crippen molar-refractivity contribution in [3.63, 3.8) is 0 Å². The normalized spacial score (nSPS) is 20.9. The summed E-state index contributed by atoms with van der Waals surface area (Å²) in [6.45, 7) is 0.786. The lowest BCUT2D eigenvalue weighted by atomic mass is 10.1. The van der Waals surface area contributed by atoms with Gasteiger partial charge in [-0.1, -0.05) is 30.4 Å². The number of rotatable bonds is 0. The summed E-state index contributed by atoms with van der Waals surface area (Å²) in [7, 11) is 0. The molecule has 0 spiro atoms. The highest BCUT2D eigenvalue weighted by molar-refractivity contribution is 5.54. The summed E-state index contributed by atoms with van der Waals surface area (Å²) in [5, 5.41) is 12.8. The molecule has 2 heteroatoms. The molecule has 2 N–H and O–H groups in total. The van der Waals surface area contributed by atoms with Crippen molar-refractivity contribution in [1.29, 1.82) is 0 Å². The van der Waals surface area contributed by atoms with Crippen molar-refractivity contribution < 1.29 is 5.11 Å². The first kappa shape index (κ1) is 7.37. The molecule has 1 heterocycles. The molecule has 1 aromatic rings. The molecule has 1 unspecified atom stereocenters. The van der Waals surface area contributed by atoms with Crippen molar-refractivity contribution in [3.8, 4) is 0 Å². The van der Waals surface area contributed by atoms with Crippen LogP contribution in [0.5, 0.6) is 0 Å². The molecular weight excluding hydrogens is 150 g/mol. The van der Waals surface area contributed by atoms with E-state index in [-0.39, 0.29) is 0 Å². The van der Waals surface area contributed by atoms with E-state index in [0.717, 1.165) is 17.8 Å². The highest BCUT2D eigenvalue weighted by Gasteiger charge is 2.09. The Bertz CT molecular complexity index is 306. The second kappa shape index (κ2) is 2.99. The minimum Gasteiger partial charge on any atom is -0.384 e. The third-order valence-electron chi connectivity index (χ3n) is 2.01. The summed E-state index contributed by atoms with van der Waals surface area (Å²) < 4.78 is 0. The Morgan fingerprint density at radius 3 is 3.08 bits per heavy atom. The van der Waals surface area contributed by atoms with Gasteiger partial charge in [0.2, 0.25) is 0 Å². The summed E-state index contributed by atoms with van der Waals surface area (Å²) in [4.78, 5) is 0. The predicted molar refractivity (Wildman–Crippen MR) is 49.0 cm³/mol. The fraction of sp³-hybridized carbons (Fsp3) is 0.200. The maximum Gasteiger partial charge on any atom is 0.0992 e. The van der Waals surface area contributed by atoms with E-state index in [1.165, 1.54) is 0 Å². The monoisotopic (exact) mass is 161 g/mol. The Balaban J connectivity index is 2.46. The van der Waals surface area contributed by atoms with Gasteiger partial charge < -0.3 is 10.4 Å². The van der Waals surface area contributed by atoms with E-state index in [9.17, 15) is 5.11 Å². The standard InChI is InChI=1S/C10H11NO/c12-10-6-3-7-11-9-5-2-1-4-8(9)10/h1-6,10-12H,7H2. The molecular formula is C10H11NO. The van der Waals surface area contributed by atoms with Crippen LogP contribution >= 0.6 is 0 Å². The second-order valence-electron chi connectivity index (χ2n) is 2.84. The van der Waals surface area contributed by atoms with Gasteiger partial charge in [-0.25, -0.2) is 0 Å². The quantitative estimate of drug-likeness (QED) is 0.568. The number of nitrogens with one attached hydrogen (secondary N) is 1. The van der Waals surface area contributed by atoms with Gasteiger partial charge in [-0.2, -0.15) is 0 Å². The molecule has 1 aromatic carbocycles. The molecule has 0 fully saturated rings. The SMILES string of the molecule is OC1C=CCNc2ccccc21. The van der Waals surface area contributed by atoms with E-state index in [0.29, 0.717) is 0 Å². The molecule has 0 saturated heterocycles. The topological polar surface area (TPSA) is 32.3 Å². The zero-order valence-electron chi connectivity index (χ0n) is 6.70. The van der Waals surface area contributed by atoms with Crippen LogP contribution in [-0.4, -0.2) is 11.7 Å². The Hall–Kier alpha value is -1.28. The smallest absolute Gasteiger partial charge is 0.0992 e. The Morgan fingerprint density at radius 1 is 1.33 bits per heavy atom. The molecule has 2 rings (SSSR count). The van der Waals surface area contributed by atoms with Gasteiger partial charge in [0.15, 0.2) is 0 Å². The van der Waals surface area contributed by atoms with Gasteiger partial charge in [-0.05, 0) is 6.07 Å². The molecule has 0 radical (unpaired) electrons. The molecule has 0 aliphatic carbocycles. The van der Waals surface area contributed by atoms with Crippen molar-refractivity contribution in [3.05, 3.63) is 42.0 Å². The Labute approximate surface area is 71.5 Å². The van der Waals surface area contributed by atoms with Crippen LogP contribution in [0.4, 0.5) is 5.69 Å². The zero-order chi connectivity index (χ0) is 8.39. The third kappa shape index (κ3) is 1.21. The third-order valence-corrected chi connectivity index (χ3v) is 2.01. The summed E-state index contributed by atoms with van der Waals surface area (Å²) in [5.74, 6) is 0. The number of fused-ring (bicyclic) bond motifs is 1. The first-order valence-electron chi connectivity index (χ1n) is 4.05. The van der Waals surface area contributed by atoms with E-state index in [1.807, 2.05) is 30.3 Å². The van der Waals surface area contributed by atoms with Crippen molar-refractivity contribution in [2.45, 2.75) is 6.10 Å². The number of aliphatic hydroxyl groups excluding tert-OH is 1. The highest BCUT2D eigenvalue weighted by atomic mass is 16.3. The fourth-order valence-electron chi connectivity index (χ4n) is 1.39. The van der Waals surface area contributed by atoms with Gasteiger partial charge >= 0.3 is 0 Å². The summed E-state index contributed by atoms with van der Waals surface area (Å²) in [6, 6.07) is 7.81. The number of aliphatic hydroxyl groups is 1. The van der Waals surface area contributed by atoms with Crippen molar-refractivity contribution in [2.75, 3.05) is 11.9 Å². The van der Waals surface area contributed by atoms with Crippen molar-refractivity contribution in [2.24, 2.45) is 0 Å². The summed E-state index contributed by atoms with van der Waals surface area (Å²) in [6.07, 6.45) is 3.28. The van der Waals surface area contributed by atoms with E-state index in [2.05, 4.69) is 5.32 Å². The Morgan fingerprint density at radius 2 is 2.17 bits per heavy atom. The average Bonchev–Trinajstić information content (AvgIpc) is 2.29. The molecule has 1 aliphatic rings. The van der Waals surface area contributed by atoms with E-state index < -0.39 is 6.10 Å². The lowest BCUT2D eigenvalue weighted by Crippen LogP contribution is -1.99. The molecule has 2 nitrogen and oxygen atoms in total. The minimum atomic E-state index is -0.462. The molecule has 0 amide bonds. The van der Waals surface area contributed by atoms with Crippen LogP contribution in [0.15, 0.2) is 36.4 Å². The van der Waals surface area contributed by atoms with Crippen molar-refractivity contribution in [1.82, 2.24) is 0 Å². The maximum absolute atomic E-state index is 9.61. The molecule has 0 bridgehead atoms. The van der Waals surface area contributed by atoms with Crippen LogP contribution in [0.25, 0.3) is 0 Å². The number of hydrogen-bond acceptors (Lipinski definition) is 2. The number of benzene rings is 1. The van der Waals surface area contributed by atoms with Crippen molar-refractivity contribution >= 4 is 5.69 Å². The first-order chi connectivity index (χ1) is 5.88. The van der Waals surface area contributed by atoms with E-state index >= 15 is 0 Å². The maximum atomic E-state index is 9.61. The van der Waals surface area contributed by atoms with Gasteiger partial charge in [0.1, 0.15) is 0 Å². The predicted octanol–water partition coefficient (Wildman–Crippen LogP) is 1.70. The van der Waals surface area contributed by atoms with Gasteiger partial charge in [-0.15, -0.1) is 0 Å². The van der Waals surface area contributed by atoms with Crippen LogP contribution in [0.1, 0.15) is 11.7 Å². The summed E-state index contributed by atoms with van der Waals surface area (Å²) in [5.41, 5.74) is 1.97. The van der Waals surface area contributed by atoms with Gasteiger partial charge in [0.05, 0.1) is 6.10 Å². The molecule has 0 aromatic heterocycles. The molecule has 62 valence electrons. The second-order valence-corrected chi connectivity index (χ2v) is 2.84. The first-order valence-corrected chi connectivity index (χ1v) is 4.05. The molecule has 0 saturated carbocycles. The lowest BCUT2D eigenvalue weighted by molar-refractivity contribution is 0.229. The van der Waals surface area contributed by atoms with Crippen LogP contribution in [0.3, 0.4) is 0 Å². The highest BCUT2D eigenvalue weighted by Crippen LogP contribution is 2.25. The number of para-hydroxylation sites is 1. The van der Waals surface area contributed by atoms with Crippen LogP contribution in [-0.2, 0) is 0 Å².